The molecule has 0 aliphatic carbocycles. The molecule has 1 N–H and O–H groups in total. The molecule has 0 aromatic heterocycles. The lowest BCUT2D eigenvalue weighted by atomic mass is 10.1. The van der Waals surface area contributed by atoms with Crippen LogP contribution in [0.25, 0.3) is 0 Å². The van der Waals surface area contributed by atoms with Gasteiger partial charge in [0.1, 0.15) is 5.75 Å². The Balaban J connectivity index is 1.86. The summed E-state index contributed by atoms with van der Waals surface area (Å²) < 4.78 is 5.35. The zero-order valence-corrected chi connectivity index (χ0v) is 14.0. The Morgan fingerprint density at radius 3 is 2.64 bits per heavy atom. The van der Waals surface area contributed by atoms with E-state index in [-0.39, 0.29) is 5.91 Å². The van der Waals surface area contributed by atoms with Crippen LogP contribution in [0.1, 0.15) is 16.7 Å². The first-order chi connectivity index (χ1) is 10.6. The number of amides is 1. The summed E-state index contributed by atoms with van der Waals surface area (Å²) in [6, 6.07) is 13.9. The lowest BCUT2D eigenvalue weighted by molar-refractivity contribution is -0.113. The van der Waals surface area contributed by atoms with E-state index < -0.39 is 0 Å². The summed E-state index contributed by atoms with van der Waals surface area (Å²) in [5, 5.41) is 2.92. The number of hydrogen-bond donors (Lipinski definition) is 1. The molecular weight excluding hydrogens is 294 g/mol. The molecule has 116 valence electrons. The van der Waals surface area contributed by atoms with E-state index in [1.165, 1.54) is 5.56 Å². The second-order valence-electron chi connectivity index (χ2n) is 5.23. The first-order valence-electron chi connectivity index (χ1n) is 7.16. The van der Waals surface area contributed by atoms with Gasteiger partial charge in [-0.05, 0) is 37.6 Å². The van der Waals surface area contributed by atoms with Crippen LogP contribution in [0.4, 0.5) is 5.69 Å². The Kier molecular flexibility index (Phi) is 5.90. The van der Waals surface area contributed by atoms with Gasteiger partial charge in [0, 0.05) is 17.0 Å². The molecule has 0 aliphatic heterocycles. The van der Waals surface area contributed by atoms with E-state index in [1.54, 1.807) is 18.9 Å². The molecular formula is C18H21NO2S. The fourth-order valence-electron chi connectivity index (χ4n) is 2.19. The Hall–Kier alpha value is -1.94. The fraction of sp³-hybridized carbons (Fsp3) is 0.278. The molecule has 3 nitrogen and oxygen atoms in total. The fourth-order valence-corrected chi connectivity index (χ4v) is 3.00. The summed E-state index contributed by atoms with van der Waals surface area (Å²) in [6.45, 7) is 4.06. The molecule has 2 rings (SSSR count). The summed E-state index contributed by atoms with van der Waals surface area (Å²) in [5.74, 6) is 2.07. The minimum Gasteiger partial charge on any atom is -0.496 e. The highest BCUT2D eigenvalue weighted by atomic mass is 32.2. The molecule has 0 saturated heterocycles. The van der Waals surface area contributed by atoms with Crippen LogP contribution < -0.4 is 10.1 Å². The molecule has 0 bridgehead atoms. The number of aryl methyl sites for hydroxylation is 2. The Morgan fingerprint density at radius 1 is 1.14 bits per heavy atom. The van der Waals surface area contributed by atoms with Crippen LogP contribution >= 0.6 is 11.8 Å². The number of benzene rings is 2. The van der Waals surface area contributed by atoms with Crippen LogP contribution in [0.5, 0.6) is 5.75 Å². The second-order valence-corrected chi connectivity index (χ2v) is 6.21. The lowest BCUT2D eigenvalue weighted by Crippen LogP contribution is -2.14. The van der Waals surface area contributed by atoms with E-state index in [0.29, 0.717) is 5.75 Å². The quantitative estimate of drug-likeness (QED) is 0.869. The van der Waals surface area contributed by atoms with E-state index >= 15 is 0 Å². The third kappa shape index (κ3) is 4.81. The van der Waals surface area contributed by atoms with Crippen LogP contribution in [0, 0.1) is 13.8 Å². The molecule has 0 saturated carbocycles. The van der Waals surface area contributed by atoms with Gasteiger partial charge < -0.3 is 10.1 Å². The van der Waals surface area contributed by atoms with Gasteiger partial charge in [0.25, 0.3) is 0 Å². The van der Waals surface area contributed by atoms with E-state index in [2.05, 4.69) is 18.3 Å². The predicted octanol–water partition coefficient (Wildman–Crippen LogP) is 4.18. The third-order valence-electron chi connectivity index (χ3n) is 3.23. The van der Waals surface area contributed by atoms with Crippen molar-refractivity contribution in [1.29, 1.82) is 0 Å². The second kappa shape index (κ2) is 7.90. The summed E-state index contributed by atoms with van der Waals surface area (Å²) in [7, 11) is 1.67. The zero-order chi connectivity index (χ0) is 15.9. The van der Waals surface area contributed by atoms with E-state index in [9.17, 15) is 4.79 Å². The van der Waals surface area contributed by atoms with Crippen LogP contribution in [0.2, 0.25) is 0 Å². The minimum absolute atomic E-state index is 0.0159. The Bertz CT molecular complexity index is 655. The summed E-state index contributed by atoms with van der Waals surface area (Å²) in [5.41, 5.74) is 4.30. The van der Waals surface area contributed by atoms with E-state index in [1.807, 2.05) is 43.3 Å². The molecule has 0 atom stereocenters. The number of methoxy groups -OCH3 is 1. The van der Waals surface area contributed by atoms with Crippen molar-refractivity contribution in [3.05, 3.63) is 59.2 Å². The van der Waals surface area contributed by atoms with E-state index in [0.717, 1.165) is 28.3 Å². The van der Waals surface area contributed by atoms with Gasteiger partial charge in [-0.2, -0.15) is 0 Å². The molecule has 1 amide bonds. The van der Waals surface area contributed by atoms with Crippen molar-refractivity contribution >= 4 is 23.4 Å². The highest BCUT2D eigenvalue weighted by Gasteiger charge is 2.06. The van der Waals surface area contributed by atoms with Crippen molar-refractivity contribution in [2.24, 2.45) is 0 Å². The highest BCUT2D eigenvalue weighted by molar-refractivity contribution is 7.99. The van der Waals surface area contributed by atoms with Crippen LogP contribution in [0.3, 0.4) is 0 Å². The number of hydrogen-bond acceptors (Lipinski definition) is 3. The van der Waals surface area contributed by atoms with Crippen molar-refractivity contribution in [2.45, 2.75) is 19.6 Å². The Morgan fingerprint density at radius 2 is 1.91 bits per heavy atom. The van der Waals surface area contributed by atoms with Gasteiger partial charge in [0.2, 0.25) is 5.91 Å². The van der Waals surface area contributed by atoms with Gasteiger partial charge in [0.05, 0.1) is 12.9 Å². The van der Waals surface area contributed by atoms with Crippen molar-refractivity contribution in [3.8, 4) is 5.75 Å². The molecule has 22 heavy (non-hydrogen) atoms. The van der Waals surface area contributed by atoms with Gasteiger partial charge in [-0.25, -0.2) is 0 Å². The smallest absolute Gasteiger partial charge is 0.234 e. The number of anilines is 1. The molecule has 0 aliphatic rings. The average Bonchev–Trinajstić information content (AvgIpc) is 2.47. The zero-order valence-electron chi connectivity index (χ0n) is 13.2. The minimum atomic E-state index is 0.0159. The van der Waals surface area contributed by atoms with Gasteiger partial charge >= 0.3 is 0 Å². The normalized spacial score (nSPS) is 10.3. The standard InChI is InChI=1S/C18H21NO2S/c1-13-5-4-6-16(10-13)19-18(20)12-22-11-15-9-14(2)7-8-17(15)21-3/h4-10H,11-12H2,1-3H3,(H,19,20). The van der Waals surface area contributed by atoms with Crippen molar-refractivity contribution in [2.75, 3.05) is 18.2 Å². The number of carbonyl (C=O) groups excluding carboxylic acids is 1. The summed E-state index contributed by atoms with van der Waals surface area (Å²) in [4.78, 5) is 12.0. The van der Waals surface area contributed by atoms with Gasteiger partial charge in [-0.3, -0.25) is 4.79 Å². The maximum atomic E-state index is 12.0. The van der Waals surface area contributed by atoms with Gasteiger partial charge in [-0.15, -0.1) is 11.8 Å². The van der Waals surface area contributed by atoms with Gasteiger partial charge in [-0.1, -0.05) is 29.8 Å². The first kappa shape index (κ1) is 16.4. The molecule has 2 aromatic carbocycles. The molecule has 0 fully saturated rings. The van der Waals surface area contributed by atoms with E-state index in [4.69, 9.17) is 4.74 Å². The largest absolute Gasteiger partial charge is 0.496 e. The maximum Gasteiger partial charge on any atom is 0.234 e. The summed E-state index contributed by atoms with van der Waals surface area (Å²) in [6.07, 6.45) is 0. The maximum absolute atomic E-state index is 12.0. The number of thioether (sulfide) groups is 1. The third-order valence-corrected chi connectivity index (χ3v) is 4.21. The number of ether oxygens (including phenoxy) is 1. The lowest BCUT2D eigenvalue weighted by Gasteiger charge is -2.09. The SMILES string of the molecule is COc1ccc(C)cc1CSCC(=O)Nc1cccc(C)c1. The van der Waals surface area contributed by atoms with Crippen molar-refractivity contribution < 1.29 is 9.53 Å². The average molecular weight is 315 g/mol. The van der Waals surface area contributed by atoms with Crippen molar-refractivity contribution in [1.82, 2.24) is 0 Å². The van der Waals surface area contributed by atoms with Crippen LogP contribution in [-0.4, -0.2) is 18.8 Å². The first-order valence-corrected chi connectivity index (χ1v) is 8.32. The molecule has 0 spiro atoms. The van der Waals surface area contributed by atoms with Crippen LogP contribution in [-0.2, 0) is 10.5 Å². The molecule has 0 radical (unpaired) electrons. The molecule has 0 unspecified atom stereocenters. The molecule has 2 aromatic rings. The summed E-state index contributed by atoms with van der Waals surface area (Å²) >= 11 is 1.58. The van der Waals surface area contributed by atoms with Crippen molar-refractivity contribution in [3.63, 3.8) is 0 Å². The number of rotatable bonds is 6. The molecule has 0 heterocycles. The predicted molar refractivity (Wildman–Crippen MR) is 93.7 cm³/mol. The Labute approximate surface area is 136 Å². The highest BCUT2D eigenvalue weighted by Crippen LogP contribution is 2.24. The monoisotopic (exact) mass is 315 g/mol. The van der Waals surface area contributed by atoms with Gasteiger partial charge in [0.15, 0.2) is 0 Å². The number of carbonyl (C=O) groups is 1. The van der Waals surface area contributed by atoms with Crippen LogP contribution in [0.15, 0.2) is 42.5 Å². The topological polar surface area (TPSA) is 38.3 Å². The molecule has 4 heteroatoms. The number of nitrogens with one attached hydrogen (secondary N) is 1.